The van der Waals surface area contributed by atoms with Crippen LogP contribution in [-0.2, 0) is 16.1 Å². The first-order valence-electron chi connectivity index (χ1n) is 9.58. The van der Waals surface area contributed by atoms with E-state index >= 15 is 0 Å². The van der Waals surface area contributed by atoms with Gasteiger partial charge in [-0.3, -0.25) is 4.79 Å². The minimum atomic E-state index is -0.353. The van der Waals surface area contributed by atoms with Crippen LogP contribution in [-0.4, -0.2) is 22.4 Å². The van der Waals surface area contributed by atoms with Crippen LogP contribution < -0.4 is 4.74 Å². The molecule has 6 nitrogen and oxygen atoms in total. The molecule has 3 aromatic rings. The van der Waals surface area contributed by atoms with Crippen LogP contribution in [0.1, 0.15) is 35.4 Å². The van der Waals surface area contributed by atoms with Gasteiger partial charge in [-0.05, 0) is 56.2 Å². The maximum absolute atomic E-state index is 12.2. The zero-order valence-electron chi connectivity index (χ0n) is 16.9. The molecule has 30 heavy (non-hydrogen) atoms. The zero-order chi connectivity index (χ0) is 21.5. The maximum atomic E-state index is 12.2. The molecule has 0 amide bonds. The second kappa shape index (κ2) is 9.95. The van der Waals surface area contributed by atoms with Gasteiger partial charge in [0.2, 0.25) is 0 Å². The van der Waals surface area contributed by atoms with Gasteiger partial charge in [0.05, 0.1) is 23.7 Å². The highest BCUT2D eigenvalue weighted by Crippen LogP contribution is 2.21. The van der Waals surface area contributed by atoms with Crippen molar-refractivity contribution in [3.63, 3.8) is 0 Å². The van der Waals surface area contributed by atoms with Crippen molar-refractivity contribution in [2.24, 2.45) is 0 Å². The van der Waals surface area contributed by atoms with Crippen molar-refractivity contribution in [2.75, 3.05) is 6.61 Å². The number of para-hydroxylation sites is 1. The monoisotopic (exact) mass is 423 g/mol. The third-order valence-electron chi connectivity index (χ3n) is 4.56. The molecule has 0 atom stereocenters. The summed E-state index contributed by atoms with van der Waals surface area (Å²) in [6.45, 7) is 4.04. The molecule has 0 aliphatic rings. The molecule has 0 aliphatic heterocycles. The number of rotatable bonds is 8. The predicted octanol–water partition coefficient (Wildman–Crippen LogP) is 4.92. The van der Waals surface area contributed by atoms with Gasteiger partial charge in [-0.1, -0.05) is 29.8 Å². The van der Waals surface area contributed by atoms with E-state index in [0.29, 0.717) is 40.8 Å². The summed E-state index contributed by atoms with van der Waals surface area (Å²) in [4.78, 5) is 12.2. The number of halogens is 1. The molecule has 0 unspecified atom stereocenters. The molecule has 7 heteroatoms. The number of aryl methyl sites for hydroxylation is 2. The maximum Gasteiger partial charge on any atom is 0.306 e. The number of benzene rings is 2. The van der Waals surface area contributed by atoms with Gasteiger partial charge in [0.25, 0.3) is 0 Å². The van der Waals surface area contributed by atoms with E-state index in [4.69, 9.17) is 21.1 Å². The normalized spacial score (nSPS) is 10.5. The lowest BCUT2D eigenvalue weighted by Gasteiger charge is -2.10. The minimum absolute atomic E-state index is 0.0191. The second-order valence-corrected chi connectivity index (χ2v) is 7.20. The van der Waals surface area contributed by atoms with Crippen molar-refractivity contribution < 1.29 is 14.3 Å². The molecule has 0 saturated carbocycles. The van der Waals surface area contributed by atoms with Crippen LogP contribution >= 0.6 is 11.6 Å². The molecule has 0 N–H and O–H groups in total. The fourth-order valence-electron chi connectivity index (χ4n) is 2.97. The lowest BCUT2D eigenvalue weighted by atomic mass is 10.2. The number of carbonyl (C=O) groups is 1. The van der Waals surface area contributed by atoms with Crippen molar-refractivity contribution >= 4 is 17.6 Å². The minimum Gasteiger partial charge on any atom is -0.494 e. The summed E-state index contributed by atoms with van der Waals surface area (Å²) >= 11 is 6.00. The van der Waals surface area contributed by atoms with Crippen LogP contribution in [0.3, 0.4) is 0 Å². The summed E-state index contributed by atoms with van der Waals surface area (Å²) in [5, 5.41) is 14.6. The smallest absolute Gasteiger partial charge is 0.306 e. The second-order valence-electron chi connectivity index (χ2n) is 6.79. The molecule has 2 aromatic carbocycles. The largest absolute Gasteiger partial charge is 0.494 e. The molecule has 0 fully saturated rings. The number of aromatic nitrogens is 2. The van der Waals surface area contributed by atoms with Crippen LogP contribution in [0.4, 0.5) is 0 Å². The van der Waals surface area contributed by atoms with Crippen molar-refractivity contribution in [1.82, 2.24) is 9.78 Å². The predicted molar refractivity (Wildman–Crippen MR) is 114 cm³/mol. The van der Waals surface area contributed by atoms with Crippen LogP contribution in [0.2, 0.25) is 5.02 Å². The number of esters is 1. The van der Waals surface area contributed by atoms with Gasteiger partial charge >= 0.3 is 5.97 Å². The fraction of sp³-hybridized carbons (Fsp3) is 0.261. The first-order chi connectivity index (χ1) is 14.5. The van der Waals surface area contributed by atoms with Crippen molar-refractivity contribution in [3.8, 4) is 17.5 Å². The van der Waals surface area contributed by atoms with Crippen LogP contribution in [0.15, 0.2) is 48.5 Å². The van der Waals surface area contributed by atoms with E-state index in [1.165, 1.54) is 0 Å². The van der Waals surface area contributed by atoms with Gasteiger partial charge < -0.3 is 9.47 Å². The first kappa shape index (κ1) is 21.4. The van der Waals surface area contributed by atoms with Crippen LogP contribution in [0, 0.1) is 25.2 Å². The third kappa shape index (κ3) is 5.19. The quantitative estimate of drug-likeness (QED) is 0.379. The topological polar surface area (TPSA) is 77.1 Å². The average Bonchev–Trinajstić information content (AvgIpc) is 3.08. The lowest BCUT2D eigenvalue weighted by Crippen LogP contribution is -2.11. The highest BCUT2D eigenvalue weighted by Gasteiger charge is 2.18. The summed E-state index contributed by atoms with van der Waals surface area (Å²) < 4.78 is 12.7. The summed E-state index contributed by atoms with van der Waals surface area (Å²) in [6.07, 6.45) is 0.732. The molecular formula is C23H22ClN3O3. The highest BCUT2D eigenvalue weighted by atomic mass is 35.5. The zero-order valence-corrected chi connectivity index (χ0v) is 17.6. The Labute approximate surface area is 180 Å². The summed E-state index contributed by atoms with van der Waals surface area (Å²) in [5.41, 5.74) is 3.32. The van der Waals surface area contributed by atoms with Crippen LogP contribution in [0.25, 0.3) is 5.69 Å². The van der Waals surface area contributed by atoms with Crippen LogP contribution in [0.5, 0.6) is 5.75 Å². The van der Waals surface area contributed by atoms with E-state index in [-0.39, 0.29) is 19.0 Å². The fourth-order valence-corrected chi connectivity index (χ4v) is 3.09. The average molecular weight is 424 g/mol. The Hall–Kier alpha value is -3.30. The van der Waals surface area contributed by atoms with Gasteiger partial charge in [0, 0.05) is 11.4 Å². The van der Waals surface area contributed by atoms with Gasteiger partial charge in [0.1, 0.15) is 24.0 Å². The van der Waals surface area contributed by atoms with E-state index < -0.39 is 0 Å². The van der Waals surface area contributed by atoms with E-state index in [0.717, 1.165) is 11.3 Å². The number of ether oxygens (including phenoxy) is 2. The molecule has 3 rings (SSSR count). The van der Waals surface area contributed by atoms with Crippen molar-refractivity contribution in [2.45, 2.75) is 33.3 Å². The van der Waals surface area contributed by atoms with Gasteiger partial charge in [-0.15, -0.1) is 0 Å². The Bertz CT molecular complexity index is 1070. The Kier molecular flexibility index (Phi) is 7.10. The molecule has 0 radical (unpaired) electrons. The molecule has 154 valence electrons. The van der Waals surface area contributed by atoms with Crippen molar-refractivity contribution in [1.29, 1.82) is 5.26 Å². The molecule has 0 bridgehead atoms. The Balaban J connectivity index is 1.54. The van der Waals surface area contributed by atoms with E-state index in [2.05, 4.69) is 11.2 Å². The van der Waals surface area contributed by atoms with Gasteiger partial charge in [-0.2, -0.15) is 10.4 Å². The standard InChI is InChI=1S/C23H22ClN3O3/c1-16-13-19(10-11-21(16)24)29-12-6-9-23(28)30-15-22-20(14-25)17(2)26-27(22)18-7-4-3-5-8-18/h3-5,7-8,10-11,13H,6,9,12,15H2,1-2H3. The number of carbonyl (C=O) groups excluding carboxylic acids is 1. The highest BCUT2D eigenvalue weighted by molar-refractivity contribution is 6.31. The number of nitrogens with zero attached hydrogens (tertiary/aromatic N) is 3. The Morgan fingerprint density at radius 1 is 1.20 bits per heavy atom. The number of hydrogen-bond acceptors (Lipinski definition) is 5. The van der Waals surface area contributed by atoms with E-state index in [1.54, 1.807) is 23.7 Å². The lowest BCUT2D eigenvalue weighted by molar-refractivity contribution is -0.145. The van der Waals surface area contributed by atoms with E-state index in [9.17, 15) is 10.1 Å². The molecule has 0 spiro atoms. The third-order valence-corrected chi connectivity index (χ3v) is 4.99. The molecule has 1 aromatic heterocycles. The Morgan fingerprint density at radius 3 is 2.67 bits per heavy atom. The molecule has 1 heterocycles. The molecular weight excluding hydrogens is 402 g/mol. The van der Waals surface area contributed by atoms with E-state index in [1.807, 2.05) is 43.3 Å². The summed E-state index contributed by atoms with van der Waals surface area (Å²) in [7, 11) is 0. The molecule has 0 saturated heterocycles. The van der Waals surface area contributed by atoms with Gasteiger partial charge in [0.15, 0.2) is 0 Å². The number of hydrogen-bond donors (Lipinski definition) is 0. The molecule has 0 aliphatic carbocycles. The SMILES string of the molecule is Cc1cc(OCCCC(=O)OCc2c(C#N)c(C)nn2-c2ccccc2)ccc1Cl. The summed E-state index contributed by atoms with van der Waals surface area (Å²) in [5.74, 6) is 0.361. The number of nitriles is 1. The van der Waals surface area contributed by atoms with Crippen molar-refractivity contribution in [3.05, 3.63) is 76.1 Å². The summed E-state index contributed by atoms with van der Waals surface area (Å²) in [6, 6.07) is 17.0. The Morgan fingerprint density at radius 2 is 1.97 bits per heavy atom. The van der Waals surface area contributed by atoms with Gasteiger partial charge in [-0.25, -0.2) is 4.68 Å². The first-order valence-corrected chi connectivity index (χ1v) is 9.96.